The highest BCUT2D eigenvalue weighted by Crippen LogP contribution is 2.13. The van der Waals surface area contributed by atoms with Crippen molar-refractivity contribution in [3.05, 3.63) is 42.1 Å². The van der Waals surface area contributed by atoms with Crippen LogP contribution in [0.15, 0.2) is 30.5 Å². The molecule has 0 atom stereocenters. The van der Waals surface area contributed by atoms with Gasteiger partial charge in [0, 0.05) is 13.5 Å². The van der Waals surface area contributed by atoms with E-state index >= 15 is 0 Å². The maximum absolute atomic E-state index is 11.7. The maximum atomic E-state index is 11.7. The fraction of sp³-hybridized carbons (Fsp3) is 0.267. The van der Waals surface area contributed by atoms with E-state index in [9.17, 15) is 4.79 Å². The Morgan fingerprint density at radius 1 is 1.17 bits per heavy atom. The lowest BCUT2D eigenvalue weighted by Gasteiger charge is -2.05. The number of hydrogen-bond donors (Lipinski definition) is 0. The molecule has 0 aliphatic carbocycles. The molecular formula is C15H15N5O3. The molecule has 0 spiro atoms. The Kier molecular flexibility index (Phi) is 4.24. The van der Waals surface area contributed by atoms with Crippen LogP contribution in [0.5, 0.6) is 0 Å². The topological polar surface area (TPSA) is 92.0 Å². The standard InChI is InChI=1S/C15H15N5O3/c1-22-8-7-12-18-14(15(21)23-2)19-20(12)13-9-16-10-5-3-4-6-11(10)17-13/h3-6,9H,7-8H2,1-2H3. The Morgan fingerprint density at radius 3 is 2.70 bits per heavy atom. The molecule has 0 fully saturated rings. The third kappa shape index (κ3) is 3.02. The minimum atomic E-state index is -0.601. The molecule has 0 bridgehead atoms. The number of nitrogens with zero attached hydrogens (tertiary/aromatic N) is 5. The fourth-order valence-corrected chi connectivity index (χ4v) is 2.11. The zero-order valence-electron chi connectivity index (χ0n) is 12.8. The van der Waals surface area contributed by atoms with E-state index < -0.39 is 5.97 Å². The van der Waals surface area contributed by atoms with Gasteiger partial charge in [-0.15, -0.1) is 5.10 Å². The zero-order chi connectivity index (χ0) is 16.2. The average molecular weight is 313 g/mol. The Bertz CT molecular complexity index is 846. The molecule has 0 radical (unpaired) electrons. The Balaban J connectivity index is 2.07. The monoisotopic (exact) mass is 313 g/mol. The number of methoxy groups -OCH3 is 2. The number of carbonyl (C=O) groups excluding carboxylic acids is 1. The average Bonchev–Trinajstić information content (AvgIpc) is 3.03. The number of hydrogen-bond acceptors (Lipinski definition) is 7. The van der Waals surface area contributed by atoms with Crippen LogP contribution < -0.4 is 0 Å². The summed E-state index contributed by atoms with van der Waals surface area (Å²) in [6, 6.07) is 7.51. The van der Waals surface area contributed by atoms with E-state index in [-0.39, 0.29) is 5.82 Å². The molecule has 3 rings (SSSR count). The van der Waals surface area contributed by atoms with Gasteiger partial charge in [0.15, 0.2) is 5.82 Å². The lowest BCUT2D eigenvalue weighted by Crippen LogP contribution is -2.08. The van der Waals surface area contributed by atoms with Crippen molar-refractivity contribution in [2.24, 2.45) is 0 Å². The normalized spacial score (nSPS) is 10.9. The molecular weight excluding hydrogens is 298 g/mol. The van der Waals surface area contributed by atoms with Crippen LogP contribution in [-0.4, -0.2) is 51.5 Å². The third-order valence-electron chi connectivity index (χ3n) is 3.22. The molecule has 118 valence electrons. The smallest absolute Gasteiger partial charge is 0.377 e. The Labute approximate surface area is 132 Å². The number of rotatable bonds is 5. The van der Waals surface area contributed by atoms with Crippen LogP contribution in [0, 0.1) is 0 Å². The van der Waals surface area contributed by atoms with E-state index in [4.69, 9.17) is 4.74 Å². The molecule has 8 nitrogen and oxygen atoms in total. The van der Waals surface area contributed by atoms with E-state index in [1.807, 2.05) is 24.3 Å². The van der Waals surface area contributed by atoms with Crippen molar-refractivity contribution >= 4 is 17.0 Å². The lowest BCUT2D eigenvalue weighted by atomic mass is 10.3. The maximum Gasteiger partial charge on any atom is 0.377 e. The summed E-state index contributed by atoms with van der Waals surface area (Å²) in [6.45, 7) is 0.445. The molecule has 0 saturated heterocycles. The van der Waals surface area contributed by atoms with Gasteiger partial charge in [-0.3, -0.25) is 4.98 Å². The third-order valence-corrected chi connectivity index (χ3v) is 3.22. The van der Waals surface area contributed by atoms with Gasteiger partial charge < -0.3 is 9.47 Å². The zero-order valence-corrected chi connectivity index (χ0v) is 12.8. The Morgan fingerprint density at radius 2 is 1.96 bits per heavy atom. The van der Waals surface area contributed by atoms with Gasteiger partial charge in [-0.05, 0) is 12.1 Å². The number of aromatic nitrogens is 5. The van der Waals surface area contributed by atoms with Gasteiger partial charge in [0.2, 0.25) is 0 Å². The summed E-state index contributed by atoms with van der Waals surface area (Å²) < 4.78 is 11.2. The summed E-state index contributed by atoms with van der Waals surface area (Å²) in [5.41, 5.74) is 1.51. The number of esters is 1. The van der Waals surface area contributed by atoms with Crippen LogP contribution in [0.25, 0.3) is 16.9 Å². The van der Waals surface area contributed by atoms with E-state index in [0.29, 0.717) is 24.7 Å². The van der Waals surface area contributed by atoms with Crippen molar-refractivity contribution < 1.29 is 14.3 Å². The van der Waals surface area contributed by atoms with E-state index in [1.165, 1.54) is 11.8 Å². The predicted octanol–water partition coefficient (Wildman–Crippen LogP) is 1.19. The molecule has 0 saturated carbocycles. The molecule has 2 heterocycles. The minimum absolute atomic E-state index is 0.0199. The second-order valence-electron chi connectivity index (χ2n) is 4.71. The van der Waals surface area contributed by atoms with Gasteiger partial charge in [-0.2, -0.15) is 4.68 Å². The highest BCUT2D eigenvalue weighted by atomic mass is 16.5. The molecule has 8 heteroatoms. The van der Waals surface area contributed by atoms with Gasteiger partial charge >= 0.3 is 5.97 Å². The number of ether oxygens (including phenoxy) is 2. The van der Waals surface area contributed by atoms with Crippen LogP contribution in [-0.2, 0) is 15.9 Å². The Hall–Kier alpha value is -2.87. The molecule has 0 amide bonds. The first-order valence-corrected chi connectivity index (χ1v) is 6.98. The predicted molar refractivity (Wildman–Crippen MR) is 81.4 cm³/mol. The van der Waals surface area contributed by atoms with E-state index in [1.54, 1.807) is 13.3 Å². The van der Waals surface area contributed by atoms with Crippen molar-refractivity contribution in [1.82, 2.24) is 24.7 Å². The molecule has 0 unspecified atom stereocenters. The summed E-state index contributed by atoms with van der Waals surface area (Å²) in [5.74, 6) is 0.416. The first kappa shape index (κ1) is 15.0. The first-order valence-electron chi connectivity index (χ1n) is 6.98. The number of fused-ring (bicyclic) bond motifs is 1. The molecule has 23 heavy (non-hydrogen) atoms. The van der Waals surface area contributed by atoms with Crippen molar-refractivity contribution in [2.45, 2.75) is 6.42 Å². The SMILES string of the molecule is COCCc1nc(C(=O)OC)nn1-c1cnc2ccccc2n1. The quantitative estimate of drug-likeness (QED) is 0.653. The van der Waals surface area contributed by atoms with Gasteiger partial charge in [0.05, 0.1) is 30.9 Å². The highest BCUT2D eigenvalue weighted by molar-refractivity contribution is 5.85. The van der Waals surface area contributed by atoms with Crippen molar-refractivity contribution in [3.63, 3.8) is 0 Å². The molecule has 1 aromatic carbocycles. The number of benzene rings is 1. The summed E-state index contributed by atoms with van der Waals surface area (Å²) in [7, 11) is 2.88. The number of carbonyl (C=O) groups is 1. The van der Waals surface area contributed by atoms with Gasteiger partial charge in [-0.1, -0.05) is 12.1 Å². The van der Waals surface area contributed by atoms with Crippen LogP contribution >= 0.6 is 0 Å². The molecule has 0 aliphatic rings. The molecule has 0 N–H and O–H groups in total. The van der Waals surface area contributed by atoms with Gasteiger partial charge in [-0.25, -0.2) is 14.8 Å². The second-order valence-corrected chi connectivity index (χ2v) is 4.71. The van der Waals surface area contributed by atoms with Crippen LogP contribution in [0.1, 0.15) is 16.4 Å². The lowest BCUT2D eigenvalue weighted by molar-refractivity contribution is 0.0586. The van der Waals surface area contributed by atoms with E-state index in [2.05, 4.69) is 24.8 Å². The fourth-order valence-electron chi connectivity index (χ4n) is 2.11. The molecule has 3 aromatic rings. The second kappa shape index (κ2) is 6.49. The molecule has 0 aliphatic heterocycles. The summed E-state index contributed by atoms with van der Waals surface area (Å²) in [4.78, 5) is 24.7. The summed E-state index contributed by atoms with van der Waals surface area (Å²) >= 11 is 0. The van der Waals surface area contributed by atoms with Crippen molar-refractivity contribution in [3.8, 4) is 5.82 Å². The summed E-state index contributed by atoms with van der Waals surface area (Å²) in [5, 5.41) is 4.18. The summed E-state index contributed by atoms with van der Waals surface area (Å²) in [6.07, 6.45) is 2.07. The highest BCUT2D eigenvalue weighted by Gasteiger charge is 2.18. The molecule has 2 aromatic heterocycles. The van der Waals surface area contributed by atoms with Crippen LogP contribution in [0.2, 0.25) is 0 Å². The van der Waals surface area contributed by atoms with Crippen molar-refractivity contribution in [1.29, 1.82) is 0 Å². The van der Waals surface area contributed by atoms with Crippen molar-refractivity contribution in [2.75, 3.05) is 20.8 Å². The van der Waals surface area contributed by atoms with Crippen LogP contribution in [0.3, 0.4) is 0 Å². The van der Waals surface area contributed by atoms with E-state index in [0.717, 1.165) is 11.0 Å². The first-order chi connectivity index (χ1) is 11.2. The van der Waals surface area contributed by atoms with Gasteiger partial charge in [0.25, 0.3) is 5.82 Å². The largest absolute Gasteiger partial charge is 0.463 e. The number of para-hydroxylation sites is 2. The van der Waals surface area contributed by atoms with Gasteiger partial charge in [0.1, 0.15) is 5.82 Å². The minimum Gasteiger partial charge on any atom is -0.463 e. The van der Waals surface area contributed by atoms with Crippen LogP contribution in [0.4, 0.5) is 0 Å².